The van der Waals surface area contributed by atoms with Crippen molar-refractivity contribution in [3.63, 3.8) is 0 Å². The Morgan fingerprint density at radius 1 is 1.11 bits per heavy atom. The molecule has 0 aromatic heterocycles. The summed E-state index contributed by atoms with van der Waals surface area (Å²) < 4.78 is 0. The summed E-state index contributed by atoms with van der Waals surface area (Å²) in [4.78, 5) is 11.8. The van der Waals surface area contributed by atoms with E-state index in [1.807, 2.05) is 12.1 Å². The van der Waals surface area contributed by atoms with Gasteiger partial charge in [-0.3, -0.25) is 4.79 Å². The topological polar surface area (TPSA) is 41.1 Å². The van der Waals surface area contributed by atoms with Crippen LogP contribution >= 0.6 is 11.6 Å². The molecular formula is C15H21ClN2O. The normalized spacial score (nSPS) is 16.9. The molecule has 4 heteroatoms. The van der Waals surface area contributed by atoms with Gasteiger partial charge in [0.1, 0.15) is 0 Å². The second-order valence-electron chi connectivity index (χ2n) is 5.12. The maximum absolute atomic E-state index is 11.8. The van der Waals surface area contributed by atoms with Crippen molar-refractivity contribution in [1.29, 1.82) is 0 Å². The van der Waals surface area contributed by atoms with E-state index in [1.54, 1.807) is 12.1 Å². The Kier molecular flexibility index (Phi) is 5.67. The molecule has 1 amide bonds. The number of halogens is 1. The molecule has 0 bridgehead atoms. The van der Waals surface area contributed by atoms with E-state index in [2.05, 4.69) is 10.6 Å². The monoisotopic (exact) mass is 280 g/mol. The Bertz CT molecular complexity index is 397. The molecule has 0 heterocycles. The number of benzene rings is 1. The van der Waals surface area contributed by atoms with Gasteiger partial charge >= 0.3 is 0 Å². The van der Waals surface area contributed by atoms with Gasteiger partial charge in [-0.05, 0) is 37.1 Å². The van der Waals surface area contributed by atoms with E-state index in [0.29, 0.717) is 17.6 Å². The van der Waals surface area contributed by atoms with Crippen LogP contribution in [0.4, 0.5) is 5.69 Å². The van der Waals surface area contributed by atoms with Crippen LogP contribution in [0.1, 0.15) is 38.5 Å². The van der Waals surface area contributed by atoms with Crippen molar-refractivity contribution in [2.45, 2.75) is 44.6 Å². The maximum atomic E-state index is 11.8. The molecule has 0 aliphatic heterocycles. The van der Waals surface area contributed by atoms with Gasteiger partial charge in [-0.25, -0.2) is 0 Å². The average molecular weight is 281 g/mol. The molecule has 1 saturated carbocycles. The van der Waals surface area contributed by atoms with Gasteiger partial charge in [-0.2, -0.15) is 0 Å². The van der Waals surface area contributed by atoms with Gasteiger partial charge < -0.3 is 10.6 Å². The largest absolute Gasteiger partial charge is 0.325 e. The van der Waals surface area contributed by atoms with Crippen LogP contribution in [0, 0.1) is 0 Å². The van der Waals surface area contributed by atoms with E-state index < -0.39 is 0 Å². The Morgan fingerprint density at radius 3 is 2.37 bits per heavy atom. The minimum atomic E-state index is 0.00608. The van der Waals surface area contributed by atoms with E-state index in [9.17, 15) is 4.79 Å². The van der Waals surface area contributed by atoms with Gasteiger partial charge in [0.25, 0.3) is 0 Å². The molecule has 2 rings (SSSR count). The van der Waals surface area contributed by atoms with Crippen molar-refractivity contribution < 1.29 is 4.79 Å². The molecule has 1 aromatic rings. The average Bonchev–Trinajstić information content (AvgIpc) is 2.68. The highest BCUT2D eigenvalue weighted by Crippen LogP contribution is 2.17. The van der Waals surface area contributed by atoms with Gasteiger partial charge in [0.05, 0.1) is 6.54 Å². The van der Waals surface area contributed by atoms with Crippen LogP contribution < -0.4 is 10.6 Å². The van der Waals surface area contributed by atoms with Gasteiger partial charge in [0.2, 0.25) is 5.91 Å². The maximum Gasteiger partial charge on any atom is 0.238 e. The molecule has 2 N–H and O–H groups in total. The van der Waals surface area contributed by atoms with Gasteiger partial charge in [0, 0.05) is 16.8 Å². The fourth-order valence-electron chi connectivity index (χ4n) is 2.46. The number of carbonyl (C=O) groups is 1. The Balaban J connectivity index is 1.73. The molecular weight excluding hydrogens is 260 g/mol. The van der Waals surface area contributed by atoms with Gasteiger partial charge in [0.15, 0.2) is 0 Å². The highest BCUT2D eigenvalue weighted by atomic mass is 35.5. The minimum absolute atomic E-state index is 0.00608. The quantitative estimate of drug-likeness (QED) is 0.828. The van der Waals surface area contributed by atoms with Crippen molar-refractivity contribution in [3.8, 4) is 0 Å². The van der Waals surface area contributed by atoms with Gasteiger partial charge in [-0.15, -0.1) is 0 Å². The lowest BCUT2D eigenvalue weighted by molar-refractivity contribution is -0.115. The Morgan fingerprint density at radius 2 is 1.74 bits per heavy atom. The summed E-state index contributed by atoms with van der Waals surface area (Å²) in [7, 11) is 0. The van der Waals surface area contributed by atoms with Crippen LogP contribution in [-0.4, -0.2) is 18.5 Å². The van der Waals surface area contributed by atoms with Crippen LogP contribution in [0.25, 0.3) is 0 Å². The molecule has 1 aromatic carbocycles. The molecule has 0 spiro atoms. The first-order valence-corrected chi connectivity index (χ1v) is 7.40. The zero-order valence-electron chi connectivity index (χ0n) is 11.1. The van der Waals surface area contributed by atoms with Crippen molar-refractivity contribution in [3.05, 3.63) is 29.3 Å². The molecule has 1 fully saturated rings. The zero-order chi connectivity index (χ0) is 13.5. The van der Waals surface area contributed by atoms with Gasteiger partial charge in [-0.1, -0.05) is 37.3 Å². The summed E-state index contributed by atoms with van der Waals surface area (Å²) in [5.41, 5.74) is 0.789. The highest BCUT2D eigenvalue weighted by Gasteiger charge is 2.12. The van der Waals surface area contributed by atoms with E-state index in [-0.39, 0.29) is 5.91 Å². The van der Waals surface area contributed by atoms with E-state index in [1.165, 1.54) is 38.5 Å². The Hall–Kier alpha value is -1.06. The molecule has 0 unspecified atom stereocenters. The SMILES string of the molecule is O=C(CNC1CCCCCC1)Nc1ccc(Cl)cc1. The van der Waals surface area contributed by atoms with E-state index >= 15 is 0 Å². The van der Waals surface area contributed by atoms with Crippen molar-refractivity contribution in [1.82, 2.24) is 5.32 Å². The molecule has 1 aliphatic carbocycles. The zero-order valence-corrected chi connectivity index (χ0v) is 11.9. The summed E-state index contributed by atoms with van der Waals surface area (Å²) in [6, 6.07) is 7.67. The first-order chi connectivity index (χ1) is 9.24. The first kappa shape index (κ1) is 14.4. The first-order valence-electron chi connectivity index (χ1n) is 7.03. The highest BCUT2D eigenvalue weighted by molar-refractivity contribution is 6.30. The third-order valence-electron chi connectivity index (χ3n) is 3.53. The third kappa shape index (κ3) is 5.21. The Labute approximate surface area is 119 Å². The van der Waals surface area contributed by atoms with Crippen molar-refractivity contribution in [2.24, 2.45) is 0 Å². The molecule has 19 heavy (non-hydrogen) atoms. The fraction of sp³-hybridized carbons (Fsp3) is 0.533. The number of rotatable bonds is 4. The standard InChI is InChI=1S/C15H21ClN2O/c16-12-7-9-14(10-8-12)18-15(19)11-17-13-5-3-1-2-4-6-13/h7-10,13,17H,1-6,11H2,(H,18,19). The fourth-order valence-corrected chi connectivity index (χ4v) is 2.58. The predicted molar refractivity (Wildman–Crippen MR) is 79.6 cm³/mol. The lowest BCUT2D eigenvalue weighted by atomic mass is 10.1. The third-order valence-corrected chi connectivity index (χ3v) is 3.79. The summed E-state index contributed by atoms with van der Waals surface area (Å²) in [6.45, 7) is 0.382. The van der Waals surface area contributed by atoms with E-state index in [4.69, 9.17) is 11.6 Å². The summed E-state index contributed by atoms with van der Waals surface area (Å²) in [5, 5.41) is 6.89. The van der Waals surface area contributed by atoms with Crippen molar-refractivity contribution >= 4 is 23.2 Å². The second-order valence-corrected chi connectivity index (χ2v) is 5.56. The predicted octanol–water partition coefficient (Wildman–Crippen LogP) is 3.59. The smallest absolute Gasteiger partial charge is 0.238 e. The number of amides is 1. The molecule has 3 nitrogen and oxygen atoms in total. The van der Waals surface area contributed by atoms with Crippen LogP contribution in [0.2, 0.25) is 5.02 Å². The van der Waals surface area contributed by atoms with Crippen LogP contribution in [0.5, 0.6) is 0 Å². The lowest BCUT2D eigenvalue weighted by Crippen LogP contribution is -2.35. The summed E-state index contributed by atoms with van der Waals surface area (Å²) >= 11 is 5.80. The number of nitrogens with one attached hydrogen (secondary N) is 2. The number of carbonyl (C=O) groups excluding carboxylic acids is 1. The van der Waals surface area contributed by atoms with Crippen LogP contribution in [0.3, 0.4) is 0 Å². The van der Waals surface area contributed by atoms with Crippen LogP contribution in [0.15, 0.2) is 24.3 Å². The summed E-state index contributed by atoms with van der Waals surface area (Å²) in [6.07, 6.45) is 7.58. The number of anilines is 1. The van der Waals surface area contributed by atoms with E-state index in [0.717, 1.165) is 5.69 Å². The minimum Gasteiger partial charge on any atom is -0.325 e. The lowest BCUT2D eigenvalue weighted by Gasteiger charge is -2.15. The van der Waals surface area contributed by atoms with Crippen molar-refractivity contribution in [2.75, 3.05) is 11.9 Å². The molecule has 104 valence electrons. The molecule has 0 saturated heterocycles. The summed E-state index contributed by atoms with van der Waals surface area (Å²) in [5.74, 6) is 0.00608. The molecule has 1 aliphatic rings. The molecule has 0 atom stereocenters. The van der Waals surface area contributed by atoms with Crippen LogP contribution in [-0.2, 0) is 4.79 Å². The second kappa shape index (κ2) is 7.51. The number of hydrogen-bond acceptors (Lipinski definition) is 2. The number of hydrogen-bond donors (Lipinski definition) is 2. The molecule has 0 radical (unpaired) electrons.